The molecule has 1 saturated heterocycles. The number of aromatic nitrogens is 1. The molecule has 4 rings (SSSR count). The van der Waals surface area contributed by atoms with Gasteiger partial charge in [-0.2, -0.15) is 0 Å². The van der Waals surface area contributed by atoms with Crippen LogP contribution in [0.25, 0.3) is 0 Å². The van der Waals surface area contributed by atoms with Crippen molar-refractivity contribution >= 4 is 5.91 Å². The van der Waals surface area contributed by atoms with Crippen LogP contribution in [0.3, 0.4) is 0 Å². The normalized spacial score (nSPS) is 28.4. The molecule has 2 aliphatic rings. The predicted molar refractivity (Wildman–Crippen MR) is 98.8 cm³/mol. The number of amides is 1. The van der Waals surface area contributed by atoms with Crippen molar-refractivity contribution in [3.05, 3.63) is 70.1 Å². The molecule has 1 amide bonds. The van der Waals surface area contributed by atoms with E-state index in [4.69, 9.17) is 0 Å². The molecule has 2 aromatic rings. The number of benzene rings is 1. The van der Waals surface area contributed by atoms with Gasteiger partial charge in [-0.15, -0.1) is 0 Å². The van der Waals surface area contributed by atoms with Gasteiger partial charge in [-0.1, -0.05) is 43.2 Å². The fraction of sp³-hybridized carbons (Fsp3) is 0.429. The van der Waals surface area contributed by atoms with Crippen LogP contribution in [0.15, 0.2) is 53.5 Å². The van der Waals surface area contributed by atoms with Crippen molar-refractivity contribution in [1.82, 2.24) is 9.88 Å². The minimum Gasteiger partial charge on any atom is -0.385 e. The van der Waals surface area contributed by atoms with Crippen LogP contribution in [-0.2, 0) is 5.60 Å². The Morgan fingerprint density at radius 3 is 2.65 bits per heavy atom. The van der Waals surface area contributed by atoms with Gasteiger partial charge in [0, 0.05) is 24.7 Å². The second kappa shape index (κ2) is 6.72. The molecule has 0 spiro atoms. The first kappa shape index (κ1) is 17.0. The van der Waals surface area contributed by atoms with Crippen LogP contribution in [0.4, 0.5) is 0 Å². The summed E-state index contributed by atoms with van der Waals surface area (Å²) < 4.78 is 0. The number of rotatable bonds is 2. The molecule has 1 saturated carbocycles. The second-order valence-electron chi connectivity index (χ2n) is 7.41. The lowest BCUT2D eigenvalue weighted by atomic mass is 9.66. The van der Waals surface area contributed by atoms with Crippen LogP contribution in [0.2, 0.25) is 0 Å². The third kappa shape index (κ3) is 2.76. The molecule has 1 aromatic carbocycles. The van der Waals surface area contributed by atoms with E-state index in [9.17, 15) is 14.7 Å². The van der Waals surface area contributed by atoms with Crippen molar-refractivity contribution in [2.45, 2.75) is 43.7 Å². The Balaban J connectivity index is 1.68. The Hall–Kier alpha value is -2.40. The minimum atomic E-state index is -0.910. The molecule has 3 atom stereocenters. The Morgan fingerprint density at radius 1 is 1.12 bits per heavy atom. The van der Waals surface area contributed by atoms with Gasteiger partial charge in [-0.05, 0) is 37.0 Å². The predicted octanol–water partition coefficient (Wildman–Crippen LogP) is 2.67. The molecule has 5 nitrogen and oxygen atoms in total. The summed E-state index contributed by atoms with van der Waals surface area (Å²) in [4.78, 5) is 29.5. The summed E-state index contributed by atoms with van der Waals surface area (Å²) in [6.45, 7) is 0.458. The molecule has 26 heavy (non-hydrogen) atoms. The summed E-state index contributed by atoms with van der Waals surface area (Å²) >= 11 is 0. The largest absolute Gasteiger partial charge is 0.385 e. The maximum atomic E-state index is 13.0. The lowest BCUT2D eigenvalue weighted by Gasteiger charge is -2.52. The molecule has 5 heteroatoms. The molecule has 0 unspecified atom stereocenters. The fourth-order valence-corrected chi connectivity index (χ4v) is 4.77. The highest BCUT2D eigenvalue weighted by Crippen LogP contribution is 2.47. The van der Waals surface area contributed by atoms with E-state index in [1.807, 2.05) is 35.2 Å². The number of carbonyl (C=O) groups excluding carboxylic acids is 1. The Bertz CT molecular complexity index is 848. The number of nitrogens with zero attached hydrogens (tertiary/aromatic N) is 1. The molecule has 0 radical (unpaired) electrons. The van der Waals surface area contributed by atoms with E-state index >= 15 is 0 Å². The third-order valence-corrected chi connectivity index (χ3v) is 6.06. The zero-order valence-electron chi connectivity index (χ0n) is 14.7. The summed E-state index contributed by atoms with van der Waals surface area (Å²) in [7, 11) is 0. The highest BCUT2D eigenvalue weighted by molar-refractivity contribution is 5.94. The molecule has 2 heterocycles. The first-order valence-corrected chi connectivity index (χ1v) is 9.38. The minimum absolute atomic E-state index is 0.000793. The van der Waals surface area contributed by atoms with Crippen LogP contribution < -0.4 is 5.56 Å². The SMILES string of the molecule is O=C(c1ccc[nH]c1=O)N1CC[C@@](O)(c2ccccc2)[C@H]2CCCC[C@@H]21. The third-order valence-electron chi connectivity index (χ3n) is 6.06. The Morgan fingerprint density at radius 2 is 1.88 bits per heavy atom. The number of likely N-dealkylation sites (tertiary alicyclic amines) is 1. The van der Waals surface area contributed by atoms with E-state index in [0.717, 1.165) is 31.2 Å². The lowest BCUT2D eigenvalue weighted by Crippen LogP contribution is -2.59. The number of nitrogens with one attached hydrogen (secondary N) is 1. The number of fused-ring (bicyclic) bond motifs is 1. The molecule has 1 aliphatic carbocycles. The number of aromatic amines is 1. The number of hydrogen-bond acceptors (Lipinski definition) is 3. The molecule has 2 fully saturated rings. The molecule has 1 aliphatic heterocycles. The Labute approximate surface area is 152 Å². The maximum Gasteiger partial charge on any atom is 0.260 e. The van der Waals surface area contributed by atoms with Crippen molar-refractivity contribution in [2.24, 2.45) is 5.92 Å². The van der Waals surface area contributed by atoms with Gasteiger partial charge in [-0.3, -0.25) is 9.59 Å². The van der Waals surface area contributed by atoms with Crippen molar-refractivity contribution in [2.75, 3.05) is 6.54 Å². The van der Waals surface area contributed by atoms with Crippen molar-refractivity contribution < 1.29 is 9.90 Å². The summed E-state index contributed by atoms with van der Waals surface area (Å²) in [6, 6.07) is 13.0. The monoisotopic (exact) mass is 352 g/mol. The number of pyridine rings is 1. The number of carbonyl (C=O) groups is 1. The summed E-state index contributed by atoms with van der Waals surface area (Å²) in [5.41, 5.74) is -0.149. The van der Waals surface area contributed by atoms with Gasteiger partial charge in [0.1, 0.15) is 5.56 Å². The van der Waals surface area contributed by atoms with Gasteiger partial charge in [0.05, 0.1) is 5.60 Å². The number of piperidine rings is 1. The highest BCUT2D eigenvalue weighted by Gasteiger charge is 2.50. The van der Waals surface area contributed by atoms with Crippen molar-refractivity contribution in [1.29, 1.82) is 0 Å². The van der Waals surface area contributed by atoms with Crippen LogP contribution >= 0.6 is 0 Å². The standard InChI is InChI=1S/C21H24N2O3/c24-19-16(9-6-13-22-19)20(25)23-14-12-21(26,15-7-2-1-3-8-15)17-10-4-5-11-18(17)23/h1-3,6-9,13,17-18,26H,4-5,10-12,14H2,(H,22,24)/t17-,18-,21+/m0/s1. The van der Waals surface area contributed by atoms with Gasteiger partial charge in [0.2, 0.25) is 0 Å². The van der Waals surface area contributed by atoms with E-state index in [-0.39, 0.29) is 29.0 Å². The lowest BCUT2D eigenvalue weighted by molar-refractivity contribution is -0.110. The number of hydrogen-bond donors (Lipinski definition) is 2. The van der Waals surface area contributed by atoms with Gasteiger partial charge in [-0.25, -0.2) is 0 Å². The van der Waals surface area contributed by atoms with Crippen LogP contribution in [-0.4, -0.2) is 33.5 Å². The molecular weight excluding hydrogens is 328 g/mol. The summed E-state index contributed by atoms with van der Waals surface area (Å²) in [5.74, 6) is -0.224. The zero-order valence-corrected chi connectivity index (χ0v) is 14.7. The van der Waals surface area contributed by atoms with Gasteiger partial charge in [0.15, 0.2) is 0 Å². The summed E-state index contributed by atoms with van der Waals surface area (Å²) in [5, 5.41) is 11.6. The molecule has 136 valence electrons. The smallest absolute Gasteiger partial charge is 0.260 e. The quantitative estimate of drug-likeness (QED) is 0.873. The maximum absolute atomic E-state index is 13.0. The van der Waals surface area contributed by atoms with E-state index < -0.39 is 5.60 Å². The van der Waals surface area contributed by atoms with Crippen LogP contribution in [0.1, 0.15) is 48.0 Å². The Kier molecular flexibility index (Phi) is 4.41. The summed E-state index contributed by atoms with van der Waals surface area (Å²) in [6.07, 6.45) is 5.90. The zero-order chi connectivity index (χ0) is 18.1. The molecule has 0 bridgehead atoms. The van der Waals surface area contributed by atoms with Gasteiger partial charge >= 0.3 is 0 Å². The molecular formula is C21H24N2O3. The first-order valence-electron chi connectivity index (χ1n) is 9.38. The number of aliphatic hydroxyl groups is 1. The molecule has 1 aromatic heterocycles. The first-order chi connectivity index (χ1) is 12.6. The van der Waals surface area contributed by atoms with Crippen LogP contribution in [0.5, 0.6) is 0 Å². The van der Waals surface area contributed by atoms with Gasteiger partial charge in [0.25, 0.3) is 11.5 Å². The van der Waals surface area contributed by atoms with Gasteiger partial charge < -0.3 is 15.0 Å². The van der Waals surface area contributed by atoms with Crippen LogP contribution in [0, 0.1) is 5.92 Å². The average Bonchev–Trinajstić information content (AvgIpc) is 2.69. The molecule has 2 N–H and O–H groups in total. The van der Waals surface area contributed by atoms with E-state index in [2.05, 4.69) is 4.98 Å². The number of H-pyrrole nitrogens is 1. The van der Waals surface area contributed by atoms with E-state index in [1.165, 1.54) is 6.20 Å². The van der Waals surface area contributed by atoms with E-state index in [1.54, 1.807) is 12.1 Å². The van der Waals surface area contributed by atoms with E-state index in [0.29, 0.717) is 13.0 Å². The fourth-order valence-electron chi connectivity index (χ4n) is 4.77. The highest BCUT2D eigenvalue weighted by atomic mass is 16.3. The topological polar surface area (TPSA) is 73.4 Å². The second-order valence-corrected chi connectivity index (χ2v) is 7.41. The van der Waals surface area contributed by atoms with Crippen molar-refractivity contribution in [3.63, 3.8) is 0 Å². The van der Waals surface area contributed by atoms with Crippen molar-refractivity contribution in [3.8, 4) is 0 Å². The average molecular weight is 352 g/mol.